The van der Waals surface area contributed by atoms with Crippen LogP contribution in [0.15, 0.2) is 24.3 Å². The number of carbonyl (C=O) groups is 1. The van der Waals surface area contributed by atoms with Crippen molar-refractivity contribution in [1.82, 2.24) is 0 Å². The molecule has 0 heterocycles. The minimum atomic E-state index is -0.698. The van der Waals surface area contributed by atoms with E-state index in [1.165, 1.54) is 0 Å². The van der Waals surface area contributed by atoms with Crippen LogP contribution in [0.25, 0.3) is 0 Å². The average Bonchev–Trinajstić information content (AvgIpc) is 2.72. The van der Waals surface area contributed by atoms with Crippen LogP contribution in [-0.2, 0) is 10.2 Å². The lowest BCUT2D eigenvalue weighted by Crippen LogP contribution is -2.25. The Labute approximate surface area is 89.9 Å². The van der Waals surface area contributed by atoms with Gasteiger partial charge in [-0.3, -0.25) is 4.79 Å². The van der Waals surface area contributed by atoms with Crippen molar-refractivity contribution in [2.45, 2.75) is 32.6 Å². The fourth-order valence-electron chi connectivity index (χ4n) is 2.44. The lowest BCUT2D eigenvalue weighted by Gasteiger charge is -2.16. The van der Waals surface area contributed by atoms with Crippen molar-refractivity contribution in [2.75, 3.05) is 0 Å². The number of benzene rings is 1. The number of carboxylic acid groups (broad SMARTS) is 1. The van der Waals surface area contributed by atoms with Gasteiger partial charge in [0, 0.05) is 0 Å². The SMILES string of the molecule is Cc1ccc([C@@]2(C(=O)O)CC2(C)C)cc1. The largest absolute Gasteiger partial charge is 0.481 e. The molecule has 0 amide bonds. The summed E-state index contributed by atoms with van der Waals surface area (Å²) in [6, 6.07) is 7.85. The fourth-order valence-corrected chi connectivity index (χ4v) is 2.44. The van der Waals surface area contributed by atoms with Crippen LogP contribution in [0.5, 0.6) is 0 Å². The number of carboxylic acids is 1. The van der Waals surface area contributed by atoms with E-state index in [1.807, 2.05) is 45.0 Å². The summed E-state index contributed by atoms with van der Waals surface area (Å²) in [6.45, 7) is 6.04. The molecule has 1 atom stereocenters. The molecule has 1 saturated carbocycles. The van der Waals surface area contributed by atoms with Crippen molar-refractivity contribution in [3.63, 3.8) is 0 Å². The predicted octanol–water partition coefficient (Wildman–Crippen LogP) is 2.75. The molecule has 15 heavy (non-hydrogen) atoms. The van der Waals surface area contributed by atoms with E-state index in [2.05, 4.69) is 0 Å². The van der Waals surface area contributed by atoms with Gasteiger partial charge in [-0.05, 0) is 24.3 Å². The summed E-state index contributed by atoms with van der Waals surface area (Å²) in [5, 5.41) is 9.36. The molecule has 0 aliphatic heterocycles. The molecule has 0 bridgehead atoms. The Bertz CT molecular complexity index is 403. The summed E-state index contributed by atoms with van der Waals surface area (Å²) in [4.78, 5) is 11.4. The van der Waals surface area contributed by atoms with Crippen LogP contribution in [0.2, 0.25) is 0 Å². The summed E-state index contributed by atoms with van der Waals surface area (Å²) in [6.07, 6.45) is 0.735. The Morgan fingerprint density at radius 2 is 1.73 bits per heavy atom. The molecule has 1 aromatic carbocycles. The van der Waals surface area contributed by atoms with Crippen molar-refractivity contribution in [2.24, 2.45) is 5.41 Å². The third kappa shape index (κ3) is 1.28. The van der Waals surface area contributed by atoms with Crippen molar-refractivity contribution in [3.05, 3.63) is 35.4 Å². The molecule has 0 saturated heterocycles. The second-order valence-electron chi connectivity index (χ2n) is 5.14. The van der Waals surface area contributed by atoms with E-state index < -0.39 is 11.4 Å². The summed E-state index contributed by atoms with van der Waals surface area (Å²) in [5.41, 5.74) is 1.33. The van der Waals surface area contributed by atoms with E-state index in [-0.39, 0.29) is 5.41 Å². The summed E-state index contributed by atoms with van der Waals surface area (Å²) < 4.78 is 0. The van der Waals surface area contributed by atoms with E-state index in [0.717, 1.165) is 17.5 Å². The van der Waals surface area contributed by atoms with Gasteiger partial charge in [0.1, 0.15) is 0 Å². The fraction of sp³-hybridized carbons (Fsp3) is 0.462. The molecular formula is C13H16O2. The molecule has 2 heteroatoms. The van der Waals surface area contributed by atoms with Crippen LogP contribution in [0.1, 0.15) is 31.4 Å². The Morgan fingerprint density at radius 1 is 1.27 bits per heavy atom. The second-order valence-corrected chi connectivity index (χ2v) is 5.14. The molecule has 0 spiro atoms. The average molecular weight is 204 g/mol. The zero-order chi connectivity index (χ0) is 11.3. The Morgan fingerprint density at radius 3 is 2.07 bits per heavy atom. The zero-order valence-electron chi connectivity index (χ0n) is 9.37. The van der Waals surface area contributed by atoms with Crippen molar-refractivity contribution >= 4 is 5.97 Å². The molecule has 1 aliphatic carbocycles. The van der Waals surface area contributed by atoms with Crippen LogP contribution in [0.3, 0.4) is 0 Å². The first-order valence-corrected chi connectivity index (χ1v) is 5.21. The molecule has 0 radical (unpaired) electrons. The Balaban J connectivity index is 2.45. The van der Waals surface area contributed by atoms with E-state index in [1.54, 1.807) is 0 Å². The molecular weight excluding hydrogens is 188 g/mol. The number of aliphatic carboxylic acids is 1. The molecule has 2 nitrogen and oxygen atoms in total. The second kappa shape index (κ2) is 2.84. The van der Waals surface area contributed by atoms with Crippen LogP contribution >= 0.6 is 0 Å². The van der Waals surface area contributed by atoms with Gasteiger partial charge in [0.05, 0.1) is 5.41 Å². The number of hydrogen-bond acceptors (Lipinski definition) is 1. The van der Waals surface area contributed by atoms with Gasteiger partial charge in [0.15, 0.2) is 0 Å². The summed E-state index contributed by atoms with van der Waals surface area (Å²) in [5.74, 6) is -0.698. The highest BCUT2D eigenvalue weighted by Crippen LogP contribution is 2.64. The van der Waals surface area contributed by atoms with Crippen molar-refractivity contribution in [1.29, 1.82) is 0 Å². The topological polar surface area (TPSA) is 37.3 Å². The molecule has 1 aliphatic rings. The van der Waals surface area contributed by atoms with Crippen molar-refractivity contribution < 1.29 is 9.90 Å². The minimum absolute atomic E-state index is 0.117. The standard InChI is InChI=1S/C13H16O2/c1-9-4-6-10(7-5-9)13(11(14)15)8-12(13,2)3/h4-7H,8H2,1-3H3,(H,14,15)/t13-/m1/s1. The van der Waals surface area contributed by atoms with Gasteiger partial charge in [-0.25, -0.2) is 0 Å². The van der Waals surface area contributed by atoms with Crippen LogP contribution in [0.4, 0.5) is 0 Å². The smallest absolute Gasteiger partial charge is 0.314 e. The third-order valence-corrected chi connectivity index (χ3v) is 3.65. The van der Waals surface area contributed by atoms with Crippen LogP contribution in [0, 0.1) is 12.3 Å². The maximum absolute atomic E-state index is 11.4. The highest BCUT2D eigenvalue weighted by Gasteiger charge is 2.67. The molecule has 80 valence electrons. The third-order valence-electron chi connectivity index (χ3n) is 3.65. The number of aryl methyl sites for hydroxylation is 1. The van der Waals surface area contributed by atoms with Gasteiger partial charge in [0.2, 0.25) is 0 Å². The van der Waals surface area contributed by atoms with Crippen LogP contribution < -0.4 is 0 Å². The van der Waals surface area contributed by atoms with E-state index >= 15 is 0 Å². The van der Waals surface area contributed by atoms with E-state index in [0.29, 0.717) is 0 Å². The first-order valence-electron chi connectivity index (χ1n) is 5.21. The minimum Gasteiger partial charge on any atom is -0.481 e. The highest BCUT2D eigenvalue weighted by atomic mass is 16.4. The zero-order valence-corrected chi connectivity index (χ0v) is 9.37. The van der Waals surface area contributed by atoms with Crippen molar-refractivity contribution in [3.8, 4) is 0 Å². The molecule has 1 aromatic rings. The van der Waals surface area contributed by atoms with Gasteiger partial charge in [-0.1, -0.05) is 43.7 Å². The maximum atomic E-state index is 11.4. The number of rotatable bonds is 2. The van der Waals surface area contributed by atoms with Gasteiger partial charge in [-0.2, -0.15) is 0 Å². The van der Waals surface area contributed by atoms with Gasteiger partial charge in [-0.15, -0.1) is 0 Å². The summed E-state index contributed by atoms with van der Waals surface area (Å²) >= 11 is 0. The van der Waals surface area contributed by atoms with E-state index in [4.69, 9.17) is 0 Å². The first kappa shape index (κ1) is 10.2. The lowest BCUT2D eigenvalue weighted by molar-refractivity contribution is -0.141. The van der Waals surface area contributed by atoms with E-state index in [9.17, 15) is 9.90 Å². The number of hydrogen-bond donors (Lipinski definition) is 1. The lowest BCUT2D eigenvalue weighted by atomic mass is 9.87. The highest BCUT2D eigenvalue weighted by molar-refractivity contribution is 5.87. The molecule has 0 unspecified atom stereocenters. The Kier molecular flexibility index (Phi) is 1.94. The van der Waals surface area contributed by atoms with Gasteiger partial charge >= 0.3 is 5.97 Å². The molecule has 2 rings (SSSR count). The van der Waals surface area contributed by atoms with Crippen LogP contribution in [-0.4, -0.2) is 11.1 Å². The molecule has 1 fully saturated rings. The molecule has 1 N–H and O–H groups in total. The molecule has 0 aromatic heterocycles. The van der Waals surface area contributed by atoms with Gasteiger partial charge < -0.3 is 5.11 Å². The first-order chi connectivity index (χ1) is 6.90. The monoisotopic (exact) mass is 204 g/mol. The summed E-state index contributed by atoms with van der Waals surface area (Å²) in [7, 11) is 0. The quantitative estimate of drug-likeness (QED) is 0.804. The maximum Gasteiger partial charge on any atom is 0.314 e. The predicted molar refractivity (Wildman–Crippen MR) is 58.9 cm³/mol. The Hall–Kier alpha value is -1.31. The normalized spacial score (nSPS) is 27.4. The van der Waals surface area contributed by atoms with Gasteiger partial charge in [0.25, 0.3) is 0 Å².